The Bertz CT molecular complexity index is 731. The third kappa shape index (κ3) is 3.35. The van der Waals surface area contributed by atoms with Gasteiger partial charge in [-0.2, -0.15) is 5.10 Å². The lowest BCUT2D eigenvalue weighted by molar-refractivity contribution is -0.00488. The lowest BCUT2D eigenvalue weighted by atomic mass is 9.77. The van der Waals surface area contributed by atoms with Gasteiger partial charge >= 0.3 is 0 Å². The number of methoxy groups -OCH3 is 1. The van der Waals surface area contributed by atoms with E-state index in [1.807, 2.05) is 18.3 Å². The molecule has 0 spiro atoms. The Morgan fingerprint density at radius 2 is 1.96 bits per heavy atom. The molecular weight excluding hydrogens is 317 g/mol. The molecule has 4 atom stereocenters. The molecular formula is C20H26FN3O. The van der Waals surface area contributed by atoms with Crippen molar-refractivity contribution in [3.8, 4) is 0 Å². The van der Waals surface area contributed by atoms with Crippen molar-refractivity contribution in [3.05, 3.63) is 53.6 Å². The fourth-order valence-electron chi connectivity index (χ4n) is 4.63. The van der Waals surface area contributed by atoms with Crippen molar-refractivity contribution in [3.63, 3.8) is 0 Å². The Morgan fingerprint density at radius 1 is 1.20 bits per heavy atom. The average molecular weight is 343 g/mol. The number of aromatic nitrogens is 2. The van der Waals surface area contributed by atoms with Crippen LogP contribution in [0.25, 0.3) is 0 Å². The van der Waals surface area contributed by atoms with Crippen molar-refractivity contribution in [1.82, 2.24) is 14.7 Å². The molecule has 4 nitrogen and oxygen atoms in total. The van der Waals surface area contributed by atoms with Gasteiger partial charge in [-0.25, -0.2) is 4.39 Å². The summed E-state index contributed by atoms with van der Waals surface area (Å²) in [5, 5.41) is 4.52. The summed E-state index contributed by atoms with van der Waals surface area (Å²) in [6.45, 7) is 4.83. The van der Waals surface area contributed by atoms with Crippen LogP contribution in [-0.2, 0) is 11.3 Å². The minimum atomic E-state index is -0.1000. The summed E-state index contributed by atoms with van der Waals surface area (Å²) in [7, 11) is 1.81. The van der Waals surface area contributed by atoms with Crippen molar-refractivity contribution < 1.29 is 9.13 Å². The number of aryl methyl sites for hydroxylation is 1. The predicted molar refractivity (Wildman–Crippen MR) is 94.7 cm³/mol. The number of benzene rings is 1. The van der Waals surface area contributed by atoms with Gasteiger partial charge in [0.05, 0.1) is 18.3 Å². The summed E-state index contributed by atoms with van der Waals surface area (Å²) in [6, 6.07) is 7.41. The zero-order valence-electron chi connectivity index (χ0n) is 14.9. The second kappa shape index (κ2) is 6.89. The summed E-state index contributed by atoms with van der Waals surface area (Å²) in [6.07, 6.45) is 6.37. The van der Waals surface area contributed by atoms with E-state index in [-0.39, 0.29) is 11.9 Å². The molecule has 1 aromatic heterocycles. The van der Waals surface area contributed by atoms with Gasteiger partial charge in [-0.05, 0) is 43.2 Å². The number of rotatable bonds is 4. The zero-order chi connectivity index (χ0) is 17.4. The highest BCUT2D eigenvalue weighted by Gasteiger charge is 2.43. The van der Waals surface area contributed by atoms with Crippen LogP contribution in [0.4, 0.5) is 4.39 Å². The second-order valence-electron chi connectivity index (χ2n) is 7.62. The third-order valence-electron chi connectivity index (χ3n) is 5.89. The van der Waals surface area contributed by atoms with Crippen LogP contribution >= 0.6 is 0 Å². The van der Waals surface area contributed by atoms with E-state index in [2.05, 4.69) is 27.8 Å². The quantitative estimate of drug-likeness (QED) is 0.852. The van der Waals surface area contributed by atoms with E-state index in [0.29, 0.717) is 24.4 Å². The molecule has 1 saturated heterocycles. The lowest BCUT2D eigenvalue weighted by Crippen LogP contribution is -2.37. The van der Waals surface area contributed by atoms with Gasteiger partial charge in [-0.3, -0.25) is 9.58 Å². The predicted octanol–water partition coefficient (Wildman–Crippen LogP) is 3.43. The highest BCUT2D eigenvalue weighted by atomic mass is 19.1. The second-order valence-corrected chi connectivity index (χ2v) is 7.62. The van der Waals surface area contributed by atoms with Gasteiger partial charge in [0, 0.05) is 38.5 Å². The van der Waals surface area contributed by atoms with Gasteiger partial charge in [0.2, 0.25) is 0 Å². The van der Waals surface area contributed by atoms with E-state index in [4.69, 9.17) is 4.74 Å². The first-order valence-electron chi connectivity index (χ1n) is 9.13. The third-order valence-corrected chi connectivity index (χ3v) is 5.89. The molecule has 0 unspecified atom stereocenters. The molecule has 4 rings (SSSR count). The monoisotopic (exact) mass is 343 g/mol. The summed E-state index contributed by atoms with van der Waals surface area (Å²) in [5.74, 6) is 1.16. The molecule has 0 amide bonds. The summed E-state index contributed by atoms with van der Waals surface area (Å²) in [5.41, 5.74) is 1.98. The number of nitrogens with zero attached hydrogens (tertiary/aromatic N) is 3. The van der Waals surface area contributed by atoms with Crippen molar-refractivity contribution in [1.29, 1.82) is 0 Å². The normalized spacial score (nSPS) is 29.7. The van der Waals surface area contributed by atoms with Gasteiger partial charge in [0.1, 0.15) is 5.82 Å². The Labute approximate surface area is 148 Å². The van der Waals surface area contributed by atoms with E-state index in [1.165, 1.54) is 5.56 Å². The van der Waals surface area contributed by atoms with Crippen LogP contribution in [0.5, 0.6) is 0 Å². The SMILES string of the molecule is CO[C@H]1C[C@@H]2CN(Cc3ccccc3F)C[C@@H]2C[C@@H]1n1cc(C)cn1. The summed E-state index contributed by atoms with van der Waals surface area (Å²) >= 11 is 0. The largest absolute Gasteiger partial charge is 0.379 e. The number of ether oxygens (including phenoxy) is 1. The fourth-order valence-corrected chi connectivity index (χ4v) is 4.63. The fraction of sp³-hybridized carbons (Fsp3) is 0.550. The molecule has 0 bridgehead atoms. The first-order valence-corrected chi connectivity index (χ1v) is 9.13. The number of likely N-dealkylation sites (tertiary alicyclic amines) is 1. The molecule has 1 aromatic carbocycles. The molecule has 1 saturated carbocycles. The molecule has 1 aliphatic carbocycles. The smallest absolute Gasteiger partial charge is 0.127 e. The molecule has 1 aliphatic heterocycles. The van der Waals surface area contributed by atoms with E-state index >= 15 is 0 Å². The number of fused-ring (bicyclic) bond motifs is 1. The minimum Gasteiger partial charge on any atom is -0.379 e. The number of hydrogen-bond donors (Lipinski definition) is 0. The maximum atomic E-state index is 14.0. The standard InChI is InChI=1S/C20H26FN3O/c1-14-9-22-24(10-14)19-7-16-12-23(13-17(16)8-20(19)25-2)11-15-5-3-4-6-18(15)21/h3-6,9-10,16-17,19-20H,7-8,11-13H2,1-2H3/t16-,17+,19-,20-/m0/s1. The van der Waals surface area contributed by atoms with Gasteiger partial charge in [-0.1, -0.05) is 18.2 Å². The van der Waals surface area contributed by atoms with Crippen molar-refractivity contribution in [2.45, 2.75) is 38.5 Å². The number of halogens is 1. The highest BCUT2D eigenvalue weighted by Crippen LogP contribution is 2.42. The maximum Gasteiger partial charge on any atom is 0.127 e. The molecule has 0 radical (unpaired) electrons. The molecule has 134 valence electrons. The van der Waals surface area contributed by atoms with Crippen LogP contribution in [-0.4, -0.2) is 41.0 Å². The Balaban J connectivity index is 1.47. The first-order chi connectivity index (χ1) is 12.1. The lowest BCUT2D eigenvalue weighted by Gasteiger charge is -2.37. The Kier molecular flexibility index (Phi) is 4.61. The highest BCUT2D eigenvalue weighted by molar-refractivity contribution is 5.17. The Hall–Kier alpha value is -1.72. The average Bonchev–Trinajstić information content (AvgIpc) is 3.20. The maximum absolute atomic E-state index is 14.0. The van der Waals surface area contributed by atoms with Gasteiger partial charge in [0.15, 0.2) is 0 Å². The van der Waals surface area contributed by atoms with Gasteiger partial charge in [0.25, 0.3) is 0 Å². The van der Waals surface area contributed by atoms with E-state index in [0.717, 1.165) is 31.5 Å². The molecule has 2 fully saturated rings. The van der Waals surface area contributed by atoms with Crippen LogP contribution in [0, 0.1) is 24.6 Å². The van der Waals surface area contributed by atoms with E-state index in [9.17, 15) is 4.39 Å². The van der Waals surface area contributed by atoms with Crippen LogP contribution in [0.1, 0.15) is 30.0 Å². The van der Waals surface area contributed by atoms with Crippen LogP contribution < -0.4 is 0 Å². The summed E-state index contributed by atoms with van der Waals surface area (Å²) < 4.78 is 21.8. The molecule has 2 aliphatic rings. The molecule has 0 N–H and O–H groups in total. The molecule has 2 aromatic rings. The van der Waals surface area contributed by atoms with Crippen molar-refractivity contribution >= 4 is 0 Å². The molecule has 25 heavy (non-hydrogen) atoms. The Morgan fingerprint density at radius 3 is 2.64 bits per heavy atom. The minimum absolute atomic E-state index is 0.1000. The summed E-state index contributed by atoms with van der Waals surface area (Å²) in [4.78, 5) is 2.40. The van der Waals surface area contributed by atoms with Crippen molar-refractivity contribution in [2.75, 3.05) is 20.2 Å². The first kappa shape index (κ1) is 16.7. The van der Waals surface area contributed by atoms with Crippen LogP contribution in [0.3, 0.4) is 0 Å². The topological polar surface area (TPSA) is 30.3 Å². The van der Waals surface area contributed by atoms with Gasteiger partial charge < -0.3 is 4.74 Å². The van der Waals surface area contributed by atoms with E-state index in [1.54, 1.807) is 19.2 Å². The van der Waals surface area contributed by atoms with Crippen LogP contribution in [0.15, 0.2) is 36.7 Å². The molecule has 2 heterocycles. The number of hydrogen-bond acceptors (Lipinski definition) is 3. The van der Waals surface area contributed by atoms with Crippen LogP contribution in [0.2, 0.25) is 0 Å². The zero-order valence-corrected chi connectivity index (χ0v) is 14.9. The van der Waals surface area contributed by atoms with Crippen molar-refractivity contribution in [2.24, 2.45) is 11.8 Å². The molecule has 5 heteroatoms. The van der Waals surface area contributed by atoms with Gasteiger partial charge in [-0.15, -0.1) is 0 Å². The van der Waals surface area contributed by atoms with E-state index < -0.39 is 0 Å².